The third-order valence-corrected chi connectivity index (χ3v) is 3.63. The van der Waals surface area contributed by atoms with E-state index in [0.29, 0.717) is 22.8 Å². The normalized spacial score (nSPS) is 11.4. The van der Waals surface area contributed by atoms with Crippen LogP contribution >= 0.6 is 0 Å². The third-order valence-electron chi connectivity index (χ3n) is 3.63. The maximum absolute atomic E-state index is 13.4. The number of aromatic hydroxyl groups is 1. The van der Waals surface area contributed by atoms with Crippen LogP contribution in [0.3, 0.4) is 0 Å². The minimum Gasteiger partial charge on any atom is -0.505 e. The van der Waals surface area contributed by atoms with Crippen LogP contribution in [-0.2, 0) is 13.1 Å². The van der Waals surface area contributed by atoms with Crippen LogP contribution < -0.4 is 20.1 Å². The van der Waals surface area contributed by atoms with Gasteiger partial charge in [0, 0.05) is 25.7 Å². The Bertz CT molecular complexity index is 801. The van der Waals surface area contributed by atoms with Crippen molar-refractivity contribution in [2.45, 2.75) is 19.7 Å². The molecule has 2 aromatic rings. The number of nitrogens with one attached hydrogen (secondary N) is 2. The van der Waals surface area contributed by atoms with Gasteiger partial charge in [0.05, 0.1) is 7.11 Å². The lowest BCUT2D eigenvalue weighted by atomic mass is 10.2. The molecule has 0 aliphatic rings. The standard InChI is InChI=1S/C18H20F3N3O3/c1-22-18(23-9-11-3-5-15(25)14(19)7-11)24-10-12-8-13(26-2)4-6-16(12)27-17(20)21/h3-8,17,25H,9-10H2,1-2H3,(H2,22,23,24). The summed E-state index contributed by atoms with van der Waals surface area (Å²) in [7, 11) is 3.01. The van der Waals surface area contributed by atoms with Gasteiger partial charge in [0.15, 0.2) is 17.5 Å². The summed E-state index contributed by atoms with van der Waals surface area (Å²) in [5, 5.41) is 15.1. The largest absolute Gasteiger partial charge is 0.505 e. The molecule has 0 atom stereocenters. The predicted molar refractivity (Wildman–Crippen MR) is 94.7 cm³/mol. The molecule has 0 aliphatic carbocycles. The van der Waals surface area contributed by atoms with E-state index in [0.717, 1.165) is 0 Å². The van der Waals surface area contributed by atoms with Gasteiger partial charge in [0.25, 0.3) is 0 Å². The van der Waals surface area contributed by atoms with Gasteiger partial charge in [0.1, 0.15) is 11.5 Å². The number of guanidine groups is 1. The molecule has 2 aromatic carbocycles. The quantitative estimate of drug-likeness (QED) is 0.506. The number of methoxy groups -OCH3 is 1. The summed E-state index contributed by atoms with van der Waals surface area (Å²) < 4.78 is 48.1. The summed E-state index contributed by atoms with van der Waals surface area (Å²) in [5.41, 5.74) is 1.05. The number of aliphatic imine (C=N–C) groups is 1. The molecular formula is C18H20F3N3O3. The second-order valence-electron chi connectivity index (χ2n) is 5.42. The van der Waals surface area contributed by atoms with E-state index in [9.17, 15) is 18.3 Å². The first-order chi connectivity index (χ1) is 12.9. The Hall–Kier alpha value is -3.10. The van der Waals surface area contributed by atoms with Gasteiger partial charge < -0.3 is 25.2 Å². The van der Waals surface area contributed by atoms with Gasteiger partial charge in [-0.2, -0.15) is 8.78 Å². The molecule has 0 saturated carbocycles. The smallest absolute Gasteiger partial charge is 0.387 e. The second-order valence-corrected chi connectivity index (χ2v) is 5.42. The zero-order valence-corrected chi connectivity index (χ0v) is 14.8. The van der Waals surface area contributed by atoms with Crippen LogP contribution in [0, 0.1) is 5.82 Å². The molecule has 0 saturated heterocycles. The Morgan fingerprint density at radius 3 is 2.52 bits per heavy atom. The topological polar surface area (TPSA) is 75.1 Å². The Morgan fingerprint density at radius 2 is 1.89 bits per heavy atom. The van der Waals surface area contributed by atoms with Gasteiger partial charge in [0.2, 0.25) is 0 Å². The van der Waals surface area contributed by atoms with Crippen LogP contribution in [0.1, 0.15) is 11.1 Å². The molecule has 0 spiro atoms. The number of phenolic OH excluding ortho intramolecular Hbond substituents is 1. The minimum atomic E-state index is -2.95. The average Bonchev–Trinajstić information content (AvgIpc) is 2.65. The lowest BCUT2D eigenvalue weighted by Crippen LogP contribution is -2.36. The van der Waals surface area contributed by atoms with E-state index in [2.05, 4.69) is 20.4 Å². The van der Waals surface area contributed by atoms with E-state index in [1.807, 2.05) is 0 Å². The van der Waals surface area contributed by atoms with Crippen molar-refractivity contribution in [3.8, 4) is 17.2 Å². The van der Waals surface area contributed by atoms with Crippen LogP contribution in [0.15, 0.2) is 41.4 Å². The number of nitrogens with zero attached hydrogens (tertiary/aromatic N) is 1. The van der Waals surface area contributed by atoms with Crippen molar-refractivity contribution >= 4 is 5.96 Å². The van der Waals surface area contributed by atoms with Crippen LogP contribution in [-0.4, -0.2) is 31.8 Å². The first kappa shape index (κ1) is 20.2. The van der Waals surface area contributed by atoms with E-state index >= 15 is 0 Å². The molecule has 2 rings (SSSR count). The maximum atomic E-state index is 13.4. The van der Waals surface area contributed by atoms with Crippen LogP contribution in [0.25, 0.3) is 0 Å². The van der Waals surface area contributed by atoms with Crippen molar-refractivity contribution in [2.75, 3.05) is 14.2 Å². The van der Waals surface area contributed by atoms with Crippen molar-refractivity contribution < 1.29 is 27.8 Å². The summed E-state index contributed by atoms with van der Waals surface area (Å²) in [4.78, 5) is 4.02. The first-order valence-electron chi connectivity index (χ1n) is 7.96. The van der Waals surface area contributed by atoms with Crippen LogP contribution in [0.5, 0.6) is 17.2 Å². The average molecular weight is 383 g/mol. The van der Waals surface area contributed by atoms with Crippen molar-refractivity contribution in [2.24, 2.45) is 4.99 Å². The molecule has 27 heavy (non-hydrogen) atoms. The van der Waals surface area contributed by atoms with Gasteiger partial charge in [-0.05, 0) is 35.9 Å². The molecule has 0 bridgehead atoms. The number of hydrogen-bond acceptors (Lipinski definition) is 4. The molecule has 0 heterocycles. The SMILES string of the molecule is CN=C(NCc1ccc(O)c(F)c1)NCc1cc(OC)ccc1OC(F)F. The zero-order valence-electron chi connectivity index (χ0n) is 14.8. The van der Waals surface area contributed by atoms with Gasteiger partial charge in [-0.1, -0.05) is 6.07 Å². The molecule has 0 amide bonds. The van der Waals surface area contributed by atoms with Crippen molar-refractivity contribution in [3.63, 3.8) is 0 Å². The molecule has 6 nitrogen and oxygen atoms in total. The van der Waals surface area contributed by atoms with Crippen molar-refractivity contribution in [1.82, 2.24) is 10.6 Å². The number of ether oxygens (including phenoxy) is 2. The van der Waals surface area contributed by atoms with E-state index in [4.69, 9.17) is 4.74 Å². The Morgan fingerprint density at radius 1 is 1.15 bits per heavy atom. The summed E-state index contributed by atoms with van der Waals surface area (Å²) in [6.45, 7) is -2.56. The minimum absolute atomic E-state index is 0.0226. The highest BCUT2D eigenvalue weighted by atomic mass is 19.3. The molecule has 0 radical (unpaired) electrons. The van der Waals surface area contributed by atoms with Gasteiger partial charge >= 0.3 is 6.61 Å². The Labute approximate surface area is 154 Å². The number of hydrogen-bond donors (Lipinski definition) is 3. The number of halogens is 3. The monoisotopic (exact) mass is 383 g/mol. The van der Waals surface area contributed by atoms with Gasteiger partial charge in [-0.25, -0.2) is 4.39 Å². The van der Waals surface area contributed by atoms with E-state index in [-0.39, 0.29) is 18.8 Å². The predicted octanol–water partition coefficient (Wildman–Crippen LogP) is 3.01. The van der Waals surface area contributed by atoms with E-state index in [1.54, 1.807) is 12.1 Å². The highest BCUT2D eigenvalue weighted by Gasteiger charge is 2.12. The first-order valence-corrected chi connectivity index (χ1v) is 7.96. The fourth-order valence-electron chi connectivity index (χ4n) is 2.28. The summed E-state index contributed by atoms with van der Waals surface area (Å²) >= 11 is 0. The highest BCUT2D eigenvalue weighted by Crippen LogP contribution is 2.25. The lowest BCUT2D eigenvalue weighted by molar-refractivity contribution is -0.0505. The van der Waals surface area contributed by atoms with Crippen molar-refractivity contribution in [1.29, 1.82) is 0 Å². The lowest BCUT2D eigenvalue weighted by Gasteiger charge is -2.15. The Kier molecular flexibility index (Phi) is 7.16. The van der Waals surface area contributed by atoms with Crippen LogP contribution in [0.2, 0.25) is 0 Å². The molecule has 146 valence electrons. The Balaban J connectivity index is 2.01. The maximum Gasteiger partial charge on any atom is 0.387 e. The second kappa shape index (κ2) is 9.56. The van der Waals surface area contributed by atoms with Crippen LogP contribution in [0.4, 0.5) is 13.2 Å². The number of rotatable bonds is 7. The molecule has 9 heteroatoms. The molecule has 0 fully saturated rings. The summed E-state index contributed by atoms with van der Waals surface area (Å²) in [5.74, 6) is -0.257. The van der Waals surface area contributed by atoms with Gasteiger partial charge in [-0.3, -0.25) is 4.99 Å². The zero-order chi connectivity index (χ0) is 19.8. The molecule has 0 unspecified atom stereocenters. The molecule has 0 aliphatic heterocycles. The van der Waals surface area contributed by atoms with Gasteiger partial charge in [-0.15, -0.1) is 0 Å². The van der Waals surface area contributed by atoms with E-state index < -0.39 is 18.2 Å². The number of alkyl halides is 2. The fourth-order valence-corrected chi connectivity index (χ4v) is 2.28. The van der Waals surface area contributed by atoms with E-state index in [1.165, 1.54) is 38.4 Å². The van der Waals surface area contributed by atoms with Crippen molar-refractivity contribution in [3.05, 3.63) is 53.3 Å². The highest BCUT2D eigenvalue weighted by molar-refractivity contribution is 5.79. The number of benzene rings is 2. The number of phenols is 1. The molecular weight excluding hydrogens is 363 g/mol. The molecule has 3 N–H and O–H groups in total. The fraction of sp³-hybridized carbons (Fsp3) is 0.278. The summed E-state index contributed by atoms with van der Waals surface area (Å²) in [6, 6.07) is 8.52. The summed E-state index contributed by atoms with van der Waals surface area (Å²) in [6.07, 6.45) is 0. The molecule has 0 aromatic heterocycles. The third kappa shape index (κ3) is 5.98.